The molecule has 0 aliphatic carbocycles. The third-order valence-electron chi connectivity index (χ3n) is 3.73. The number of hydrogen-bond acceptors (Lipinski definition) is 5. The molecule has 0 unspecified atom stereocenters. The number of carbonyl (C=O) groups excluding carboxylic acids is 1. The van der Waals surface area contributed by atoms with Crippen molar-refractivity contribution in [3.05, 3.63) is 76.1 Å². The molecule has 9 heteroatoms. The Morgan fingerprint density at radius 2 is 1.86 bits per heavy atom. The molecule has 1 N–H and O–H groups in total. The maximum absolute atomic E-state index is 12.7. The van der Waals surface area contributed by atoms with E-state index in [9.17, 15) is 22.8 Å². The summed E-state index contributed by atoms with van der Waals surface area (Å²) in [6.07, 6.45) is -5.65. The first-order valence-electron chi connectivity index (χ1n) is 7.97. The summed E-state index contributed by atoms with van der Waals surface area (Å²) in [7, 11) is 0. The quantitative estimate of drug-likeness (QED) is 0.302. The van der Waals surface area contributed by atoms with Gasteiger partial charge >= 0.3 is 17.9 Å². The number of hydrogen-bond donors (Lipinski definition) is 1. The van der Waals surface area contributed by atoms with Crippen molar-refractivity contribution in [3.8, 4) is 0 Å². The number of nitrogens with one attached hydrogen (secondary N) is 1. The van der Waals surface area contributed by atoms with Crippen LogP contribution in [-0.4, -0.2) is 11.8 Å². The average Bonchev–Trinajstić information content (AvgIpc) is 2.65. The molecule has 3 rings (SSSR count). The Hall–Kier alpha value is -3.62. The topological polar surface area (TPSA) is 80.9 Å². The van der Waals surface area contributed by atoms with Crippen molar-refractivity contribution in [2.24, 2.45) is 5.16 Å². The maximum atomic E-state index is 12.7. The lowest BCUT2D eigenvalue weighted by Crippen LogP contribution is -2.16. The van der Waals surface area contributed by atoms with Crippen LogP contribution in [0.3, 0.4) is 0 Å². The molecule has 1 amide bonds. The van der Waals surface area contributed by atoms with Crippen LogP contribution in [0.4, 0.5) is 23.7 Å². The number of rotatable bonds is 3. The molecule has 0 fully saturated rings. The molecule has 0 radical (unpaired) electrons. The average molecular weight is 390 g/mol. The maximum Gasteiger partial charge on any atom is 0.437 e. The predicted octanol–water partition coefficient (Wildman–Crippen LogP) is 4.78. The SMILES string of the molecule is CC(=NOC(=O)Nc1cccc(C(F)(F)F)c1)c1cc2ccccc2oc1=O. The van der Waals surface area contributed by atoms with Crippen LogP contribution in [0.15, 0.2) is 69.0 Å². The van der Waals surface area contributed by atoms with Gasteiger partial charge in [-0.05, 0) is 37.3 Å². The summed E-state index contributed by atoms with van der Waals surface area (Å²) in [5.41, 5.74) is -1.14. The van der Waals surface area contributed by atoms with Crippen LogP contribution in [0.1, 0.15) is 18.1 Å². The monoisotopic (exact) mass is 390 g/mol. The largest absolute Gasteiger partial charge is 0.437 e. The molecule has 0 saturated heterocycles. The fraction of sp³-hybridized carbons (Fsp3) is 0.105. The van der Waals surface area contributed by atoms with Crippen molar-refractivity contribution < 1.29 is 27.2 Å². The number of halogens is 3. The van der Waals surface area contributed by atoms with Gasteiger partial charge in [0.2, 0.25) is 0 Å². The van der Waals surface area contributed by atoms with E-state index in [4.69, 9.17) is 4.42 Å². The summed E-state index contributed by atoms with van der Waals surface area (Å²) in [6.45, 7) is 1.43. The van der Waals surface area contributed by atoms with Crippen LogP contribution < -0.4 is 10.9 Å². The van der Waals surface area contributed by atoms with Gasteiger partial charge < -0.3 is 4.42 Å². The number of alkyl halides is 3. The lowest BCUT2D eigenvalue weighted by Gasteiger charge is -2.09. The number of carbonyl (C=O) groups is 1. The second-order valence-electron chi connectivity index (χ2n) is 5.74. The zero-order valence-corrected chi connectivity index (χ0v) is 14.4. The highest BCUT2D eigenvalue weighted by Crippen LogP contribution is 2.30. The molecule has 0 saturated carbocycles. The zero-order chi connectivity index (χ0) is 20.3. The number of nitrogens with zero attached hydrogens (tertiary/aromatic N) is 1. The van der Waals surface area contributed by atoms with Gasteiger partial charge in [-0.2, -0.15) is 13.2 Å². The smallest absolute Gasteiger partial charge is 0.422 e. The number of oxime groups is 1. The highest BCUT2D eigenvalue weighted by Gasteiger charge is 2.30. The van der Waals surface area contributed by atoms with Crippen LogP contribution >= 0.6 is 0 Å². The van der Waals surface area contributed by atoms with Gasteiger partial charge in [0.25, 0.3) is 0 Å². The Balaban J connectivity index is 1.74. The Bertz CT molecular complexity index is 1120. The van der Waals surface area contributed by atoms with Gasteiger partial charge in [-0.25, -0.2) is 9.59 Å². The van der Waals surface area contributed by atoms with Crippen molar-refractivity contribution >= 4 is 28.5 Å². The second-order valence-corrected chi connectivity index (χ2v) is 5.74. The Kier molecular flexibility index (Phi) is 5.16. The highest BCUT2D eigenvalue weighted by molar-refractivity contribution is 6.00. The van der Waals surface area contributed by atoms with E-state index >= 15 is 0 Å². The van der Waals surface area contributed by atoms with Crippen molar-refractivity contribution in [1.82, 2.24) is 0 Å². The Labute approximate surface area is 156 Å². The third-order valence-corrected chi connectivity index (χ3v) is 3.73. The predicted molar refractivity (Wildman–Crippen MR) is 96.2 cm³/mol. The molecule has 0 atom stereocenters. The van der Waals surface area contributed by atoms with E-state index in [2.05, 4.69) is 15.3 Å². The van der Waals surface area contributed by atoms with Crippen LogP contribution in [-0.2, 0) is 11.0 Å². The molecule has 0 spiro atoms. The molecule has 2 aromatic carbocycles. The Morgan fingerprint density at radius 1 is 1.11 bits per heavy atom. The molecular formula is C19H13F3N2O4. The van der Waals surface area contributed by atoms with Gasteiger partial charge in [0.1, 0.15) is 5.58 Å². The number of benzene rings is 2. The van der Waals surface area contributed by atoms with Crippen molar-refractivity contribution in [1.29, 1.82) is 0 Å². The van der Waals surface area contributed by atoms with E-state index in [1.807, 2.05) is 0 Å². The van der Waals surface area contributed by atoms with Crippen molar-refractivity contribution in [3.63, 3.8) is 0 Å². The number of fused-ring (bicyclic) bond motifs is 1. The van der Waals surface area contributed by atoms with E-state index < -0.39 is 23.5 Å². The van der Waals surface area contributed by atoms with E-state index in [0.29, 0.717) is 11.0 Å². The molecule has 1 heterocycles. The van der Waals surface area contributed by atoms with Gasteiger partial charge in [0, 0.05) is 11.1 Å². The minimum Gasteiger partial charge on any atom is -0.422 e. The van der Waals surface area contributed by atoms with Crippen LogP contribution in [0, 0.1) is 0 Å². The second kappa shape index (κ2) is 7.55. The van der Waals surface area contributed by atoms with E-state index in [0.717, 1.165) is 18.2 Å². The summed E-state index contributed by atoms with van der Waals surface area (Å²) in [4.78, 5) is 28.4. The van der Waals surface area contributed by atoms with Crippen molar-refractivity contribution in [2.75, 3.05) is 5.32 Å². The molecular weight excluding hydrogens is 377 g/mol. The van der Waals surface area contributed by atoms with Gasteiger partial charge in [-0.15, -0.1) is 0 Å². The molecule has 0 aliphatic heterocycles. The first-order valence-corrected chi connectivity index (χ1v) is 7.97. The summed E-state index contributed by atoms with van der Waals surface area (Å²) in [6, 6.07) is 12.4. The molecule has 1 aromatic heterocycles. The summed E-state index contributed by atoms with van der Waals surface area (Å²) in [5.74, 6) is 0. The summed E-state index contributed by atoms with van der Waals surface area (Å²) in [5, 5.41) is 6.34. The Morgan fingerprint density at radius 3 is 2.61 bits per heavy atom. The van der Waals surface area contributed by atoms with E-state index in [1.165, 1.54) is 19.1 Å². The van der Waals surface area contributed by atoms with Crippen LogP contribution in [0.2, 0.25) is 0 Å². The first kappa shape index (κ1) is 19.2. The van der Waals surface area contributed by atoms with Gasteiger partial charge in [0.05, 0.1) is 16.8 Å². The van der Waals surface area contributed by atoms with E-state index in [-0.39, 0.29) is 17.0 Å². The van der Waals surface area contributed by atoms with Crippen LogP contribution in [0.25, 0.3) is 11.0 Å². The minimum atomic E-state index is -4.54. The molecule has 3 aromatic rings. The van der Waals surface area contributed by atoms with Crippen molar-refractivity contribution in [2.45, 2.75) is 13.1 Å². The lowest BCUT2D eigenvalue weighted by atomic mass is 10.1. The molecule has 28 heavy (non-hydrogen) atoms. The lowest BCUT2D eigenvalue weighted by molar-refractivity contribution is -0.137. The molecule has 0 aliphatic rings. The fourth-order valence-electron chi connectivity index (χ4n) is 2.39. The molecule has 6 nitrogen and oxygen atoms in total. The first-order chi connectivity index (χ1) is 13.2. The number of para-hydroxylation sites is 1. The van der Waals surface area contributed by atoms with Gasteiger partial charge in [0.15, 0.2) is 0 Å². The number of amides is 1. The normalized spacial score (nSPS) is 12.1. The standard InChI is InChI=1S/C19H13F3N2O4/c1-11(15-9-12-5-2-3-8-16(12)27-17(15)25)24-28-18(26)23-14-7-4-6-13(10-14)19(20,21)22/h2-10H,1H3,(H,23,26). The minimum absolute atomic E-state index is 0.0682. The highest BCUT2D eigenvalue weighted by atomic mass is 19.4. The summed E-state index contributed by atoms with van der Waals surface area (Å²) >= 11 is 0. The third kappa shape index (κ3) is 4.37. The molecule has 144 valence electrons. The van der Waals surface area contributed by atoms with Gasteiger partial charge in [-0.3, -0.25) is 10.2 Å². The zero-order valence-electron chi connectivity index (χ0n) is 14.4. The number of anilines is 1. The molecule has 0 bridgehead atoms. The van der Waals surface area contributed by atoms with Crippen LogP contribution in [0.5, 0.6) is 0 Å². The summed E-state index contributed by atoms with van der Waals surface area (Å²) < 4.78 is 43.2. The van der Waals surface area contributed by atoms with Gasteiger partial charge in [-0.1, -0.05) is 29.4 Å². The van der Waals surface area contributed by atoms with E-state index in [1.54, 1.807) is 24.3 Å². The fourth-order valence-corrected chi connectivity index (χ4v) is 2.39.